The summed E-state index contributed by atoms with van der Waals surface area (Å²) in [7, 11) is -4.63. The lowest BCUT2D eigenvalue weighted by Crippen LogP contribution is -2.35. The SMILES string of the molecule is CCCc1cc(CCC)c(C(=O)C(NS(=O)(=O)O)c2c(CCC)cccc2CCC)c(CCC)c1. The van der Waals surface area contributed by atoms with Crippen LogP contribution in [0.15, 0.2) is 30.3 Å². The van der Waals surface area contributed by atoms with Crippen molar-refractivity contribution in [3.63, 3.8) is 0 Å². The van der Waals surface area contributed by atoms with Crippen LogP contribution in [0.4, 0.5) is 0 Å². The van der Waals surface area contributed by atoms with E-state index in [0.29, 0.717) is 11.1 Å². The van der Waals surface area contributed by atoms with Crippen LogP contribution < -0.4 is 4.72 Å². The van der Waals surface area contributed by atoms with E-state index >= 15 is 0 Å². The Morgan fingerprint density at radius 1 is 0.771 bits per heavy atom. The second-order valence-electron chi connectivity index (χ2n) is 9.42. The van der Waals surface area contributed by atoms with E-state index in [1.54, 1.807) is 0 Å². The number of benzene rings is 2. The molecular formula is C29H43NO4S. The van der Waals surface area contributed by atoms with Crippen molar-refractivity contribution >= 4 is 16.1 Å². The largest absolute Gasteiger partial charge is 0.334 e. The van der Waals surface area contributed by atoms with Crippen LogP contribution in [0.25, 0.3) is 0 Å². The second kappa shape index (κ2) is 13.9. The normalized spacial score (nSPS) is 12.6. The molecule has 2 aromatic carbocycles. The van der Waals surface area contributed by atoms with Crippen LogP contribution in [0, 0.1) is 0 Å². The molecular weight excluding hydrogens is 458 g/mol. The Labute approximate surface area is 212 Å². The van der Waals surface area contributed by atoms with Crippen molar-refractivity contribution in [3.05, 3.63) is 69.3 Å². The van der Waals surface area contributed by atoms with Crippen molar-refractivity contribution in [2.45, 2.75) is 105 Å². The maximum Gasteiger partial charge on any atom is 0.334 e. The third-order valence-corrected chi connectivity index (χ3v) is 6.86. The molecule has 0 aliphatic rings. The fourth-order valence-electron chi connectivity index (χ4n) is 5.07. The van der Waals surface area contributed by atoms with Gasteiger partial charge in [0, 0.05) is 5.56 Å². The number of hydrogen-bond donors (Lipinski definition) is 2. The van der Waals surface area contributed by atoms with Crippen molar-refractivity contribution in [2.75, 3.05) is 0 Å². The summed E-state index contributed by atoms with van der Waals surface area (Å²) in [5, 5.41) is 0. The van der Waals surface area contributed by atoms with Crippen LogP contribution in [0.5, 0.6) is 0 Å². The summed E-state index contributed by atoms with van der Waals surface area (Å²) in [5.41, 5.74) is 6.37. The molecule has 194 valence electrons. The molecule has 0 saturated heterocycles. The monoisotopic (exact) mass is 501 g/mol. The fraction of sp³-hybridized carbons (Fsp3) is 0.552. The highest BCUT2D eigenvalue weighted by Gasteiger charge is 2.32. The van der Waals surface area contributed by atoms with Gasteiger partial charge < -0.3 is 0 Å². The molecule has 0 radical (unpaired) electrons. The summed E-state index contributed by atoms with van der Waals surface area (Å²) in [6.07, 6.45) is 8.38. The van der Waals surface area contributed by atoms with E-state index in [-0.39, 0.29) is 5.78 Å². The van der Waals surface area contributed by atoms with Gasteiger partial charge in [0.1, 0.15) is 6.04 Å². The standard InChI is InChI=1S/C29H43NO4S/c1-6-12-21-19-24(15-9-4)27(25(20-21)16-10-5)29(31)28(30-35(32,33)34)26-22(13-7-2)17-11-18-23(26)14-8-3/h11,17-20,28,30H,6-10,12-16H2,1-5H3,(H,32,33,34). The highest BCUT2D eigenvalue weighted by molar-refractivity contribution is 7.83. The molecule has 0 fully saturated rings. The molecule has 2 aromatic rings. The molecule has 5 nitrogen and oxygen atoms in total. The van der Waals surface area contributed by atoms with Gasteiger partial charge in [-0.3, -0.25) is 9.35 Å². The van der Waals surface area contributed by atoms with Gasteiger partial charge in [0.05, 0.1) is 0 Å². The van der Waals surface area contributed by atoms with Crippen molar-refractivity contribution < 1.29 is 17.8 Å². The van der Waals surface area contributed by atoms with E-state index in [1.807, 2.05) is 18.2 Å². The van der Waals surface area contributed by atoms with Crippen LogP contribution in [0.1, 0.15) is 117 Å². The minimum atomic E-state index is -4.63. The van der Waals surface area contributed by atoms with Gasteiger partial charge >= 0.3 is 10.3 Å². The molecule has 1 unspecified atom stereocenters. The van der Waals surface area contributed by atoms with E-state index in [1.165, 1.54) is 5.56 Å². The van der Waals surface area contributed by atoms with Crippen LogP contribution >= 0.6 is 0 Å². The van der Waals surface area contributed by atoms with Crippen molar-refractivity contribution in [2.24, 2.45) is 0 Å². The molecule has 0 amide bonds. The van der Waals surface area contributed by atoms with Crippen LogP contribution in [-0.2, 0) is 42.4 Å². The molecule has 0 bridgehead atoms. The zero-order valence-corrected chi connectivity index (χ0v) is 22.9. The first-order valence-corrected chi connectivity index (χ1v) is 14.7. The van der Waals surface area contributed by atoms with Gasteiger partial charge in [-0.2, -0.15) is 13.1 Å². The molecule has 0 saturated carbocycles. The van der Waals surface area contributed by atoms with Gasteiger partial charge in [-0.1, -0.05) is 97.1 Å². The number of carbonyl (C=O) groups excluding carboxylic acids is 1. The Balaban J connectivity index is 2.83. The predicted octanol–water partition coefficient (Wildman–Crippen LogP) is 6.77. The molecule has 1 atom stereocenters. The van der Waals surface area contributed by atoms with Crippen LogP contribution in [0.3, 0.4) is 0 Å². The minimum absolute atomic E-state index is 0.279. The van der Waals surface area contributed by atoms with Gasteiger partial charge in [-0.05, 0) is 65.5 Å². The first-order valence-electron chi connectivity index (χ1n) is 13.2. The Hall–Kier alpha value is -2.02. The number of Topliss-reactive ketones (excluding diaryl/α,β-unsaturated/α-hetero) is 1. The Morgan fingerprint density at radius 3 is 1.60 bits per heavy atom. The Kier molecular flexibility index (Phi) is 11.6. The molecule has 2 N–H and O–H groups in total. The number of aryl methyl sites for hydroxylation is 5. The third kappa shape index (κ3) is 7.99. The molecule has 0 aliphatic heterocycles. The van der Waals surface area contributed by atoms with Gasteiger partial charge in [-0.15, -0.1) is 0 Å². The van der Waals surface area contributed by atoms with Gasteiger partial charge in [0.15, 0.2) is 5.78 Å². The average Bonchev–Trinajstić information content (AvgIpc) is 2.78. The van der Waals surface area contributed by atoms with Crippen LogP contribution in [0.2, 0.25) is 0 Å². The Morgan fingerprint density at radius 2 is 1.20 bits per heavy atom. The summed E-state index contributed by atoms with van der Waals surface area (Å²) in [6.45, 7) is 10.4. The van der Waals surface area contributed by atoms with Crippen molar-refractivity contribution in [1.29, 1.82) is 0 Å². The molecule has 6 heteroatoms. The number of hydrogen-bond acceptors (Lipinski definition) is 3. The van der Waals surface area contributed by atoms with E-state index in [0.717, 1.165) is 86.5 Å². The van der Waals surface area contributed by atoms with Gasteiger partial charge in [0.2, 0.25) is 0 Å². The number of carbonyl (C=O) groups is 1. The van der Waals surface area contributed by atoms with Crippen molar-refractivity contribution in [1.82, 2.24) is 4.72 Å². The number of ketones is 1. The lowest BCUT2D eigenvalue weighted by molar-refractivity contribution is 0.0949. The second-order valence-corrected chi connectivity index (χ2v) is 10.6. The lowest BCUT2D eigenvalue weighted by Gasteiger charge is -2.25. The molecule has 35 heavy (non-hydrogen) atoms. The lowest BCUT2D eigenvalue weighted by atomic mass is 9.83. The van der Waals surface area contributed by atoms with Gasteiger partial charge in [-0.25, -0.2) is 0 Å². The predicted molar refractivity (Wildman–Crippen MR) is 145 cm³/mol. The maximum atomic E-state index is 14.4. The quantitative estimate of drug-likeness (QED) is 0.208. The van der Waals surface area contributed by atoms with Crippen LogP contribution in [-0.4, -0.2) is 18.8 Å². The summed E-state index contributed by atoms with van der Waals surface area (Å²) >= 11 is 0. The molecule has 0 aliphatic carbocycles. The highest BCUT2D eigenvalue weighted by Crippen LogP contribution is 2.32. The molecule has 0 heterocycles. The first-order chi connectivity index (χ1) is 16.7. The Bertz CT molecular complexity index is 1040. The van der Waals surface area contributed by atoms with E-state index < -0.39 is 16.3 Å². The molecule has 2 rings (SSSR count). The maximum absolute atomic E-state index is 14.4. The minimum Gasteiger partial charge on any atom is -0.292 e. The van der Waals surface area contributed by atoms with Crippen molar-refractivity contribution in [3.8, 4) is 0 Å². The third-order valence-electron chi connectivity index (χ3n) is 6.33. The molecule has 0 aromatic heterocycles. The van der Waals surface area contributed by atoms with E-state index in [9.17, 15) is 17.8 Å². The highest BCUT2D eigenvalue weighted by atomic mass is 32.2. The average molecular weight is 502 g/mol. The number of rotatable bonds is 15. The van der Waals surface area contributed by atoms with Gasteiger partial charge in [0.25, 0.3) is 0 Å². The summed E-state index contributed by atoms with van der Waals surface area (Å²) in [4.78, 5) is 14.4. The molecule has 0 spiro atoms. The topological polar surface area (TPSA) is 83.5 Å². The van der Waals surface area contributed by atoms with E-state index in [4.69, 9.17) is 0 Å². The number of nitrogens with one attached hydrogen (secondary N) is 1. The summed E-state index contributed by atoms with van der Waals surface area (Å²) in [5.74, 6) is -0.279. The zero-order valence-electron chi connectivity index (χ0n) is 22.1. The zero-order chi connectivity index (χ0) is 26.0. The summed E-state index contributed by atoms with van der Waals surface area (Å²) < 4.78 is 36.5. The first kappa shape index (κ1) is 29.2. The fourth-order valence-corrected chi connectivity index (χ4v) is 5.59. The summed E-state index contributed by atoms with van der Waals surface area (Å²) in [6, 6.07) is 8.97. The van der Waals surface area contributed by atoms with E-state index in [2.05, 4.69) is 51.5 Å². The smallest absolute Gasteiger partial charge is 0.292 e.